The lowest BCUT2D eigenvalue weighted by atomic mass is 10.1. The van der Waals surface area contributed by atoms with Crippen molar-refractivity contribution in [2.75, 3.05) is 5.73 Å². The molecule has 1 aromatic heterocycles. The SMILES string of the molecule is Nc1cc(=O)n(CCc2ccccc2)c(=O)[nH]1. The van der Waals surface area contributed by atoms with Crippen LogP contribution in [0.4, 0.5) is 5.82 Å². The fourth-order valence-electron chi connectivity index (χ4n) is 1.64. The Kier molecular flexibility index (Phi) is 3.09. The van der Waals surface area contributed by atoms with Gasteiger partial charge in [0.05, 0.1) is 0 Å². The zero-order valence-corrected chi connectivity index (χ0v) is 9.22. The second-order valence-electron chi connectivity index (χ2n) is 3.76. The first-order chi connectivity index (χ1) is 8.16. The third-order valence-electron chi connectivity index (χ3n) is 2.51. The number of nitrogen functional groups attached to an aromatic ring is 1. The number of hydrogen-bond acceptors (Lipinski definition) is 3. The Morgan fingerprint density at radius 2 is 1.88 bits per heavy atom. The third kappa shape index (κ3) is 2.63. The Morgan fingerprint density at radius 3 is 2.53 bits per heavy atom. The van der Waals surface area contributed by atoms with Gasteiger partial charge in [0.1, 0.15) is 5.82 Å². The summed E-state index contributed by atoms with van der Waals surface area (Å²) in [6.07, 6.45) is 0.633. The van der Waals surface area contributed by atoms with Gasteiger partial charge < -0.3 is 5.73 Å². The average molecular weight is 231 g/mol. The molecule has 0 spiro atoms. The highest BCUT2D eigenvalue weighted by Gasteiger charge is 2.02. The topological polar surface area (TPSA) is 80.9 Å². The lowest BCUT2D eigenvalue weighted by Crippen LogP contribution is -2.35. The van der Waals surface area contributed by atoms with Crippen LogP contribution in [-0.4, -0.2) is 9.55 Å². The van der Waals surface area contributed by atoms with Gasteiger partial charge in [-0.05, 0) is 12.0 Å². The van der Waals surface area contributed by atoms with E-state index in [0.717, 1.165) is 10.1 Å². The van der Waals surface area contributed by atoms with E-state index in [2.05, 4.69) is 4.98 Å². The van der Waals surface area contributed by atoms with Gasteiger partial charge in [0, 0.05) is 12.6 Å². The minimum absolute atomic E-state index is 0.0935. The van der Waals surface area contributed by atoms with Crippen LogP contribution in [0.15, 0.2) is 46.0 Å². The normalized spacial score (nSPS) is 10.4. The summed E-state index contributed by atoms with van der Waals surface area (Å²) in [5, 5.41) is 0. The highest BCUT2D eigenvalue weighted by Crippen LogP contribution is 1.99. The minimum Gasteiger partial charge on any atom is -0.385 e. The van der Waals surface area contributed by atoms with Crippen LogP contribution in [0.2, 0.25) is 0 Å². The average Bonchev–Trinajstić information content (AvgIpc) is 2.29. The van der Waals surface area contributed by atoms with Crippen LogP contribution in [-0.2, 0) is 13.0 Å². The van der Waals surface area contributed by atoms with E-state index in [1.807, 2.05) is 30.3 Å². The van der Waals surface area contributed by atoms with Crippen LogP contribution >= 0.6 is 0 Å². The van der Waals surface area contributed by atoms with Gasteiger partial charge in [0.2, 0.25) is 0 Å². The van der Waals surface area contributed by atoms with E-state index < -0.39 is 5.69 Å². The highest BCUT2D eigenvalue weighted by molar-refractivity contribution is 5.23. The smallest absolute Gasteiger partial charge is 0.329 e. The largest absolute Gasteiger partial charge is 0.385 e. The molecule has 0 aliphatic rings. The number of nitrogens with one attached hydrogen (secondary N) is 1. The van der Waals surface area contributed by atoms with E-state index in [1.54, 1.807) is 0 Å². The van der Waals surface area contributed by atoms with E-state index in [-0.39, 0.29) is 11.4 Å². The second kappa shape index (κ2) is 4.69. The molecule has 0 unspecified atom stereocenters. The number of rotatable bonds is 3. The Balaban J connectivity index is 2.21. The molecule has 5 heteroatoms. The number of aromatic nitrogens is 2. The molecule has 0 radical (unpaired) electrons. The van der Waals surface area contributed by atoms with Gasteiger partial charge in [0.15, 0.2) is 0 Å². The first-order valence-corrected chi connectivity index (χ1v) is 5.30. The van der Waals surface area contributed by atoms with Crippen molar-refractivity contribution in [3.63, 3.8) is 0 Å². The van der Waals surface area contributed by atoms with Crippen molar-refractivity contribution >= 4 is 5.82 Å². The summed E-state index contributed by atoms with van der Waals surface area (Å²) >= 11 is 0. The van der Waals surface area contributed by atoms with Crippen molar-refractivity contribution in [2.24, 2.45) is 0 Å². The molecule has 0 aliphatic carbocycles. The van der Waals surface area contributed by atoms with Crippen molar-refractivity contribution in [1.82, 2.24) is 9.55 Å². The van der Waals surface area contributed by atoms with Crippen LogP contribution in [0.25, 0.3) is 0 Å². The van der Waals surface area contributed by atoms with Crippen molar-refractivity contribution in [3.05, 3.63) is 62.8 Å². The van der Waals surface area contributed by atoms with Crippen molar-refractivity contribution in [3.8, 4) is 0 Å². The van der Waals surface area contributed by atoms with Crippen molar-refractivity contribution < 1.29 is 0 Å². The molecule has 5 nitrogen and oxygen atoms in total. The summed E-state index contributed by atoms with van der Waals surface area (Å²) < 4.78 is 1.14. The number of aryl methyl sites for hydroxylation is 1. The van der Waals surface area contributed by atoms with E-state index >= 15 is 0 Å². The second-order valence-corrected chi connectivity index (χ2v) is 3.76. The molecule has 0 saturated carbocycles. The van der Waals surface area contributed by atoms with Gasteiger partial charge in [-0.3, -0.25) is 14.3 Å². The van der Waals surface area contributed by atoms with Crippen LogP contribution in [0.3, 0.4) is 0 Å². The summed E-state index contributed by atoms with van der Waals surface area (Å²) in [4.78, 5) is 25.5. The fourth-order valence-corrected chi connectivity index (χ4v) is 1.64. The van der Waals surface area contributed by atoms with Crippen molar-refractivity contribution in [2.45, 2.75) is 13.0 Å². The first-order valence-electron chi connectivity index (χ1n) is 5.30. The van der Waals surface area contributed by atoms with E-state index in [0.29, 0.717) is 13.0 Å². The maximum absolute atomic E-state index is 11.5. The Labute approximate surface area is 97.5 Å². The summed E-state index contributed by atoms with van der Waals surface area (Å²) in [5.74, 6) is 0.0935. The van der Waals surface area contributed by atoms with E-state index in [9.17, 15) is 9.59 Å². The molecular formula is C12H13N3O2. The molecule has 2 aromatic rings. The quantitative estimate of drug-likeness (QED) is 0.800. The first kappa shape index (κ1) is 11.2. The maximum Gasteiger partial charge on any atom is 0.329 e. The third-order valence-corrected chi connectivity index (χ3v) is 2.51. The summed E-state index contributed by atoms with van der Waals surface area (Å²) in [5.41, 5.74) is 5.61. The van der Waals surface area contributed by atoms with Crippen LogP contribution in [0, 0.1) is 0 Å². The predicted molar refractivity (Wildman–Crippen MR) is 65.9 cm³/mol. The summed E-state index contributed by atoms with van der Waals surface area (Å²) in [6.45, 7) is 0.346. The number of anilines is 1. The van der Waals surface area contributed by atoms with Crippen molar-refractivity contribution in [1.29, 1.82) is 0 Å². The molecular weight excluding hydrogens is 218 g/mol. The number of benzene rings is 1. The van der Waals surface area contributed by atoms with Gasteiger partial charge in [-0.1, -0.05) is 30.3 Å². The molecule has 1 heterocycles. The molecule has 17 heavy (non-hydrogen) atoms. The molecule has 0 amide bonds. The molecule has 1 aromatic carbocycles. The fraction of sp³-hybridized carbons (Fsp3) is 0.167. The molecule has 3 N–H and O–H groups in total. The standard InChI is InChI=1S/C12H13N3O2/c13-10-8-11(16)15(12(17)14-10)7-6-9-4-2-1-3-5-9/h1-5,8H,6-7,13H2,(H,14,17). The molecule has 0 saturated heterocycles. The summed E-state index contributed by atoms with van der Waals surface area (Å²) in [6, 6.07) is 10.9. The molecule has 88 valence electrons. The maximum atomic E-state index is 11.5. The molecule has 0 atom stereocenters. The van der Waals surface area contributed by atoms with Gasteiger partial charge in [-0.25, -0.2) is 4.79 Å². The Hall–Kier alpha value is -2.30. The molecule has 0 fully saturated rings. The minimum atomic E-state index is -0.467. The van der Waals surface area contributed by atoms with Crippen LogP contribution < -0.4 is 17.0 Å². The summed E-state index contributed by atoms with van der Waals surface area (Å²) in [7, 11) is 0. The predicted octanol–water partition coefficient (Wildman–Crippen LogP) is 0.361. The number of H-pyrrole nitrogens is 1. The molecule has 0 aliphatic heterocycles. The van der Waals surface area contributed by atoms with Gasteiger partial charge in [-0.15, -0.1) is 0 Å². The van der Waals surface area contributed by atoms with Gasteiger partial charge in [-0.2, -0.15) is 0 Å². The monoisotopic (exact) mass is 231 g/mol. The number of nitrogens with zero attached hydrogens (tertiary/aromatic N) is 1. The van der Waals surface area contributed by atoms with E-state index in [4.69, 9.17) is 5.73 Å². The lowest BCUT2D eigenvalue weighted by Gasteiger charge is -2.04. The van der Waals surface area contributed by atoms with Gasteiger partial charge in [0.25, 0.3) is 5.56 Å². The number of hydrogen-bond donors (Lipinski definition) is 2. The van der Waals surface area contributed by atoms with Crippen LogP contribution in [0.1, 0.15) is 5.56 Å². The van der Waals surface area contributed by atoms with Crippen LogP contribution in [0.5, 0.6) is 0 Å². The number of aromatic amines is 1. The lowest BCUT2D eigenvalue weighted by molar-refractivity contribution is 0.629. The zero-order chi connectivity index (χ0) is 12.3. The molecule has 2 rings (SSSR count). The van der Waals surface area contributed by atoms with E-state index in [1.165, 1.54) is 6.07 Å². The Bertz CT molecular complexity index is 582. The zero-order valence-electron chi connectivity index (χ0n) is 9.22. The Morgan fingerprint density at radius 1 is 1.18 bits per heavy atom. The highest BCUT2D eigenvalue weighted by atomic mass is 16.2. The molecule has 0 bridgehead atoms. The van der Waals surface area contributed by atoms with Gasteiger partial charge >= 0.3 is 5.69 Å². The number of nitrogens with two attached hydrogens (primary N) is 1.